The molecule has 0 radical (unpaired) electrons. The summed E-state index contributed by atoms with van der Waals surface area (Å²) in [6.45, 7) is 9.66. The van der Waals surface area contributed by atoms with Crippen LogP contribution in [0.25, 0.3) is 0 Å². The number of aliphatic hydroxyl groups excluding tert-OH is 2. The second kappa shape index (κ2) is 7.94. The molecule has 0 unspecified atom stereocenters. The lowest BCUT2D eigenvalue weighted by Gasteiger charge is -2.32. The zero-order chi connectivity index (χ0) is 20.5. The molecule has 28 heavy (non-hydrogen) atoms. The van der Waals surface area contributed by atoms with Crippen molar-refractivity contribution in [3.63, 3.8) is 0 Å². The molecule has 1 aromatic heterocycles. The maximum atomic E-state index is 12.1. The summed E-state index contributed by atoms with van der Waals surface area (Å²) in [6.07, 6.45) is 2.80. The van der Waals surface area contributed by atoms with Gasteiger partial charge in [0.1, 0.15) is 0 Å². The van der Waals surface area contributed by atoms with Gasteiger partial charge in [0.05, 0.1) is 17.8 Å². The molecule has 3 rings (SSSR count). The third-order valence-corrected chi connectivity index (χ3v) is 5.73. The van der Waals surface area contributed by atoms with E-state index in [1.165, 1.54) is 0 Å². The van der Waals surface area contributed by atoms with E-state index in [4.69, 9.17) is 14.4 Å². The van der Waals surface area contributed by atoms with Crippen molar-refractivity contribution in [2.45, 2.75) is 51.4 Å². The molecular formula is C18H29BN4O5. The van der Waals surface area contributed by atoms with Gasteiger partial charge in [-0.1, -0.05) is 0 Å². The number of nitrogens with zero attached hydrogens (tertiary/aromatic N) is 4. The van der Waals surface area contributed by atoms with Gasteiger partial charge in [-0.2, -0.15) is 0 Å². The fraction of sp³-hybridized carbons (Fsp3) is 0.722. The zero-order valence-corrected chi connectivity index (χ0v) is 17.0. The molecule has 0 spiro atoms. The summed E-state index contributed by atoms with van der Waals surface area (Å²) in [7, 11) is -0.503. The molecule has 0 aromatic carbocycles. The second-order valence-corrected chi connectivity index (χ2v) is 8.27. The lowest BCUT2D eigenvalue weighted by Crippen LogP contribution is -2.43. The number of carbonyl (C=O) groups excluding carboxylic acids is 1. The SMILES string of the molecule is CC1(C)OB(c2cnc(N3CCCN(C(=O)[C@H](O)CO)CC3)nc2)OC1(C)C. The molecule has 154 valence electrons. The molecule has 2 aliphatic heterocycles. The van der Waals surface area contributed by atoms with E-state index in [9.17, 15) is 9.90 Å². The van der Waals surface area contributed by atoms with Gasteiger partial charge in [-0.15, -0.1) is 0 Å². The van der Waals surface area contributed by atoms with Gasteiger partial charge in [-0.25, -0.2) is 9.97 Å². The molecule has 2 saturated heterocycles. The van der Waals surface area contributed by atoms with E-state index in [-0.39, 0.29) is 0 Å². The molecule has 0 saturated carbocycles. The van der Waals surface area contributed by atoms with Crippen LogP contribution in [0.4, 0.5) is 5.95 Å². The van der Waals surface area contributed by atoms with Crippen LogP contribution in [-0.4, -0.2) is 88.2 Å². The number of aliphatic hydroxyl groups is 2. The largest absolute Gasteiger partial charge is 0.498 e. The highest BCUT2D eigenvalue weighted by molar-refractivity contribution is 6.61. The molecule has 3 heterocycles. The predicted octanol–water partition coefficient (Wildman–Crippen LogP) is -0.832. The molecule has 2 N–H and O–H groups in total. The molecule has 1 atom stereocenters. The van der Waals surface area contributed by atoms with Gasteiger partial charge in [-0.3, -0.25) is 4.79 Å². The third-order valence-electron chi connectivity index (χ3n) is 5.73. The number of aromatic nitrogens is 2. The highest BCUT2D eigenvalue weighted by atomic mass is 16.7. The highest BCUT2D eigenvalue weighted by Gasteiger charge is 2.52. The molecule has 0 aliphatic carbocycles. The molecule has 2 fully saturated rings. The summed E-state index contributed by atoms with van der Waals surface area (Å²) in [4.78, 5) is 24.6. The van der Waals surface area contributed by atoms with Crippen LogP contribution < -0.4 is 10.4 Å². The first-order valence-corrected chi connectivity index (χ1v) is 9.65. The Morgan fingerprint density at radius 2 is 1.75 bits per heavy atom. The average Bonchev–Trinajstić information content (AvgIpc) is 2.84. The number of rotatable bonds is 4. The van der Waals surface area contributed by atoms with Gasteiger partial charge in [0.15, 0.2) is 6.10 Å². The van der Waals surface area contributed by atoms with Crippen LogP contribution in [-0.2, 0) is 14.1 Å². The van der Waals surface area contributed by atoms with Crippen molar-refractivity contribution >= 4 is 24.4 Å². The second-order valence-electron chi connectivity index (χ2n) is 8.27. The Morgan fingerprint density at radius 1 is 1.14 bits per heavy atom. The molecule has 1 amide bonds. The summed E-state index contributed by atoms with van der Waals surface area (Å²) < 4.78 is 12.0. The van der Waals surface area contributed by atoms with Gasteiger partial charge in [0.2, 0.25) is 5.95 Å². The van der Waals surface area contributed by atoms with E-state index in [0.717, 1.165) is 11.9 Å². The fourth-order valence-electron chi connectivity index (χ4n) is 3.22. The number of anilines is 1. The molecular weight excluding hydrogens is 363 g/mol. The molecule has 1 aromatic rings. The Hall–Kier alpha value is -1.75. The Labute approximate surface area is 165 Å². The van der Waals surface area contributed by atoms with E-state index in [1.807, 2.05) is 32.6 Å². The Balaban J connectivity index is 1.64. The maximum Gasteiger partial charge on any atom is 0.498 e. The minimum absolute atomic E-state index is 0.420. The number of hydrogen-bond donors (Lipinski definition) is 2. The first-order chi connectivity index (χ1) is 13.1. The van der Waals surface area contributed by atoms with E-state index in [2.05, 4.69) is 9.97 Å². The third kappa shape index (κ3) is 4.14. The lowest BCUT2D eigenvalue weighted by atomic mass is 9.81. The van der Waals surface area contributed by atoms with Crippen molar-refractivity contribution in [2.24, 2.45) is 0 Å². The first-order valence-electron chi connectivity index (χ1n) is 9.65. The molecule has 0 bridgehead atoms. The highest BCUT2D eigenvalue weighted by Crippen LogP contribution is 2.36. The lowest BCUT2D eigenvalue weighted by molar-refractivity contribution is -0.141. The van der Waals surface area contributed by atoms with Gasteiger partial charge in [0, 0.05) is 44.0 Å². The van der Waals surface area contributed by atoms with Gasteiger partial charge in [0.25, 0.3) is 5.91 Å². The fourth-order valence-corrected chi connectivity index (χ4v) is 3.22. The van der Waals surface area contributed by atoms with Crippen LogP contribution >= 0.6 is 0 Å². The summed E-state index contributed by atoms with van der Waals surface area (Å²) in [5.74, 6) is 0.138. The minimum Gasteiger partial charge on any atom is -0.399 e. The normalized spacial score (nSPS) is 22.9. The van der Waals surface area contributed by atoms with Crippen molar-refractivity contribution in [1.29, 1.82) is 0 Å². The van der Waals surface area contributed by atoms with Gasteiger partial charge < -0.3 is 29.3 Å². The topological polar surface area (TPSA) is 108 Å². The summed E-state index contributed by atoms with van der Waals surface area (Å²) in [6, 6.07) is 0. The van der Waals surface area contributed by atoms with E-state index in [0.29, 0.717) is 32.1 Å². The standard InChI is InChI=1S/C18H29BN4O5/c1-17(2)18(3,4)28-19(27-17)13-10-20-16(21-11-13)23-7-5-6-22(8-9-23)15(26)14(25)12-24/h10-11,14,24-25H,5-9,12H2,1-4H3/t14-/m1/s1. The van der Waals surface area contributed by atoms with Crippen molar-refractivity contribution in [3.05, 3.63) is 12.4 Å². The molecule has 2 aliphatic rings. The Morgan fingerprint density at radius 3 is 2.32 bits per heavy atom. The molecule has 9 nitrogen and oxygen atoms in total. The maximum absolute atomic E-state index is 12.1. The number of amides is 1. The van der Waals surface area contributed by atoms with Gasteiger partial charge in [-0.05, 0) is 34.1 Å². The van der Waals surface area contributed by atoms with Crippen molar-refractivity contribution < 1.29 is 24.3 Å². The number of hydrogen-bond acceptors (Lipinski definition) is 8. The Kier molecular flexibility index (Phi) is 5.95. The summed E-state index contributed by atoms with van der Waals surface area (Å²) in [5, 5.41) is 18.5. The predicted molar refractivity (Wildman–Crippen MR) is 104 cm³/mol. The van der Waals surface area contributed by atoms with Crippen molar-refractivity contribution in [1.82, 2.24) is 14.9 Å². The van der Waals surface area contributed by atoms with Crippen LogP contribution in [0.5, 0.6) is 0 Å². The smallest absolute Gasteiger partial charge is 0.399 e. The van der Waals surface area contributed by atoms with Crippen LogP contribution in [0, 0.1) is 0 Å². The van der Waals surface area contributed by atoms with Crippen LogP contribution in [0.2, 0.25) is 0 Å². The van der Waals surface area contributed by atoms with Crippen LogP contribution in [0.3, 0.4) is 0 Å². The van der Waals surface area contributed by atoms with E-state index < -0.39 is 36.9 Å². The summed E-state index contributed by atoms with van der Waals surface area (Å²) >= 11 is 0. The zero-order valence-electron chi connectivity index (χ0n) is 17.0. The van der Waals surface area contributed by atoms with Crippen molar-refractivity contribution in [3.8, 4) is 0 Å². The summed E-state index contributed by atoms with van der Waals surface area (Å²) in [5.41, 5.74) is -0.0768. The van der Waals surface area contributed by atoms with Gasteiger partial charge >= 0.3 is 7.12 Å². The first kappa shape index (κ1) is 21.0. The van der Waals surface area contributed by atoms with E-state index in [1.54, 1.807) is 17.3 Å². The minimum atomic E-state index is -1.36. The quantitative estimate of drug-likeness (QED) is 0.640. The van der Waals surface area contributed by atoms with Crippen LogP contribution in [0.15, 0.2) is 12.4 Å². The van der Waals surface area contributed by atoms with E-state index >= 15 is 0 Å². The van der Waals surface area contributed by atoms with Crippen LogP contribution in [0.1, 0.15) is 34.1 Å². The van der Waals surface area contributed by atoms with Crippen molar-refractivity contribution in [2.75, 3.05) is 37.7 Å². The Bertz CT molecular complexity index is 684. The number of carbonyl (C=O) groups is 1. The molecule has 10 heteroatoms. The average molecular weight is 392 g/mol. The monoisotopic (exact) mass is 392 g/mol.